The van der Waals surface area contributed by atoms with Gasteiger partial charge in [-0.1, -0.05) is 41.4 Å². The van der Waals surface area contributed by atoms with Gasteiger partial charge < -0.3 is 24.3 Å². The molecule has 6 rings (SSSR count). The van der Waals surface area contributed by atoms with Crippen molar-refractivity contribution in [3.8, 4) is 11.5 Å². The Morgan fingerprint density at radius 3 is 2.33 bits per heavy atom. The molecule has 1 saturated carbocycles. The first-order valence-electron chi connectivity index (χ1n) is 16.3. The Bertz CT molecular complexity index is 1830. The minimum atomic E-state index is -3.09. The van der Waals surface area contributed by atoms with Gasteiger partial charge in [0.25, 0.3) is 5.91 Å². The number of amides is 1. The maximum absolute atomic E-state index is 13.9. The molecule has 3 aliphatic rings. The van der Waals surface area contributed by atoms with Crippen LogP contribution in [0.3, 0.4) is 0 Å². The fourth-order valence-corrected chi connectivity index (χ4v) is 8.79. The molecule has 1 aliphatic carbocycles. The molecule has 51 heavy (non-hydrogen) atoms. The number of ether oxygens (including phenoxy) is 3. The highest BCUT2D eigenvalue weighted by atomic mass is 35.5. The van der Waals surface area contributed by atoms with E-state index >= 15 is 0 Å². The molecular formula is C34H35Cl2F2N3O8S2. The maximum atomic E-state index is 13.9. The average Bonchev–Trinajstić information content (AvgIpc) is 3.78. The first-order chi connectivity index (χ1) is 24.3. The largest absolute Gasteiger partial charge is 0.619 e. The summed E-state index contributed by atoms with van der Waals surface area (Å²) in [5, 5.41) is 11.0. The van der Waals surface area contributed by atoms with Gasteiger partial charge in [-0.15, -0.1) is 11.8 Å². The predicted octanol–water partition coefficient (Wildman–Crippen LogP) is 5.29. The van der Waals surface area contributed by atoms with Crippen molar-refractivity contribution in [1.29, 1.82) is 0 Å². The Morgan fingerprint density at radius 2 is 1.69 bits per heavy atom. The lowest BCUT2D eigenvalue weighted by Gasteiger charge is -2.27. The SMILES string of the molecule is O=C(O[C@@H](Cc1c(Cl)c[n+]([O-])cc1Cl)c1ccc(OC(F)F)c(OCC2CC2)c1)[C@@H]1SCCN1C(=O)c1ccc(CN2CCS(=O)(=O)CC2)cc1. The van der Waals surface area contributed by atoms with E-state index in [0.29, 0.717) is 59.3 Å². The molecule has 11 nitrogen and oxygen atoms in total. The second-order valence-electron chi connectivity index (χ2n) is 12.6. The highest BCUT2D eigenvalue weighted by molar-refractivity contribution is 8.00. The van der Waals surface area contributed by atoms with Crippen LogP contribution in [0.25, 0.3) is 0 Å². The summed E-state index contributed by atoms with van der Waals surface area (Å²) in [5.74, 6) is -0.204. The van der Waals surface area contributed by atoms with Crippen LogP contribution in [0.2, 0.25) is 10.0 Å². The van der Waals surface area contributed by atoms with Crippen LogP contribution in [0.5, 0.6) is 11.5 Å². The molecular weight excluding hydrogens is 751 g/mol. The van der Waals surface area contributed by atoms with Crippen molar-refractivity contribution in [3.63, 3.8) is 0 Å². The van der Waals surface area contributed by atoms with Crippen LogP contribution in [0.15, 0.2) is 54.9 Å². The van der Waals surface area contributed by atoms with Gasteiger partial charge in [-0.2, -0.15) is 13.5 Å². The third-order valence-corrected chi connectivity index (χ3v) is 12.3. The number of esters is 1. The molecule has 0 spiro atoms. The molecule has 2 atom stereocenters. The van der Waals surface area contributed by atoms with Gasteiger partial charge in [0.15, 0.2) is 39.1 Å². The summed E-state index contributed by atoms with van der Waals surface area (Å²) in [6.07, 6.45) is 2.97. The summed E-state index contributed by atoms with van der Waals surface area (Å²) in [7, 11) is -3.00. The zero-order chi connectivity index (χ0) is 36.3. The molecule has 1 aromatic heterocycles. The molecule has 0 radical (unpaired) electrons. The molecule has 2 aromatic carbocycles. The summed E-state index contributed by atoms with van der Waals surface area (Å²) in [4.78, 5) is 31.0. The lowest BCUT2D eigenvalue weighted by Crippen LogP contribution is -2.41. The number of nitrogens with zero attached hydrogens (tertiary/aromatic N) is 3. The number of rotatable bonds is 13. The predicted molar refractivity (Wildman–Crippen MR) is 187 cm³/mol. The van der Waals surface area contributed by atoms with Crippen LogP contribution < -0.4 is 14.2 Å². The maximum Gasteiger partial charge on any atom is 0.387 e. The Kier molecular flexibility index (Phi) is 11.8. The van der Waals surface area contributed by atoms with Crippen LogP contribution in [0, 0.1) is 11.1 Å². The van der Waals surface area contributed by atoms with E-state index < -0.39 is 33.9 Å². The molecule has 274 valence electrons. The molecule has 17 heteroatoms. The highest BCUT2D eigenvalue weighted by Gasteiger charge is 2.38. The van der Waals surface area contributed by atoms with Gasteiger partial charge in [-0.3, -0.25) is 9.69 Å². The first-order valence-corrected chi connectivity index (χ1v) is 19.9. The van der Waals surface area contributed by atoms with E-state index in [2.05, 4.69) is 4.74 Å². The first kappa shape index (κ1) is 37.4. The zero-order valence-electron chi connectivity index (χ0n) is 27.2. The van der Waals surface area contributed by atoms with E-state index in [9.17, 15) is 32.0 Å². The van der Waals surface area contributed by atoms with E-state index in [4.69, 9.17) is 32.7 Å². The number of hydrogen-bond acceptors (Lipinski definition) is 10. The van der Waals surface area contributed by atoms with Gasteiger partial charge in [0.05, 0.1) is 18.1 Å². The van der Waals surface area contributed by atoms with Crippen molar-refractivity contribution < 1.29 is 45.7 Å². The number of carbonyl (C=O) groups is 2. The van der Waals surface area contributed by atoms with Crippen LogP contribution in [-0.4, -0.2) is 85.6 Å². The van der Waals surface area contributed by atoms with Crippen molar-refractivity contribution in [2.24, 2.45) is 5.92 Å². The highest BCUT2D eigenvalue weighted by Crippen LogP contribution is 2.39. The van der Waals surface area contributed by atoms with Crippen molar-refractivity contribution in [1.82, 2.24) is 9.80 Å². The summed E-state index contributed by atoms with van der Waals surface area (Å²) in [5.41, 5.74) is 1.98. The van der Waals surface area contributed by atoms with Crippen LogP contribution >= 0.6 is 35.0 Å². The third kappa shape index (κ3) is 9.74. The van der Waals surface area contributed by atoms with Crippen LogP contribution in [0.4, 0.5) is 8.78 Å². The summed E-state index contributed by atoms with van der Waals surface area (Å²) in [6.45, 7) is -1.07. The molecule has 3 aromatic rings. The number of sulfone groups is 1. The average molecular weight is 787 g/mol. The lowest BCUT2D eigenvalue weighted by atomic mass is 10.0. The summed E-state index contributed by atoms with van der Waals surface area (Å²) in [6, 6.07) is 11.2. The van der Waals surface area contributed by atoms with E-state index in [1.54, 1.807) is 12.1 Å². The fourth-order valence-electron chi connectivity index (χ4n) is 5.82. The van der Waals surface area contributed by atoms with Gasteiger partial charge in [0.2, 0.25) is 0 Å². The number of thioether (sulfide) groups is 1. The van der Waals surface area contributed by atoms with E-state index in [-0.39, 0.29) is 51.9 Å². The molecule has 3 heterocycles. The second kappa shape index (κ2) is 16.1. The minimum Gasteiger partial charge on any atom is -0.619 e. The fraction of sp³-hybridized carbons (Fsp3) is 0.441. The standard InChI is InChI=1S/C34H35Cl2F2N3O8S2/c35-26-18-40(44)19-27(36)25(26)16-29(24-7-8-28(49-34(37)38)30(15-24)47-20-22-1-2-22)48-33(43)32-41(9-12-50-32)31(42)23-5-3-21(4-6-23)17-39-10-13-51(45,46)14-11-39/h3-8,15,18-19,22,29,32,34H,1-2,9-14,16-17,20H2/t29-,32-/m0/s1. The van der Waals surface area contributed by atoms with Gasteiger partial charge in [0.1, 0.15) is 16.1 Å². The van der Waals surface area contributed by atoms with Crippen molar-refractivity contribution in [2.45, 2.75) is 43.9 Å². The quantitative estimate of drug-likeness (QED) is 0.128. The molecule has 0 N–H and O–H groups in total. The van der Waals surface area contributed by atoms with Crippen molar-refractivity contribution >= 4 is 56.7 Å². The van der Waals surface area contributed by atoms with Crippen LogP contribution in [0.1, 0.15) is 46.0 Å². The topological polar surface area (TPSA) is 129 Å². The number of alkyl halides is 2. The lowest BCUT2D eigenvalue weighted by molar-refractivity contribution is -0.605. The number of halogens is 4. The number of carbonyl (C=O) groups excluding carboxylic acids is 2. The number of pyridine rings is 1. The van der Waals surface area contributed by atoms with Crippen LogP contribution in [-0.2, 0) is 32.3 Å². The second-order valence-corrected chi connectivity index (χ2v) is 16.9. The molecule has 1 amide bonds. The van der Waals surface area contributed by atoms with E-state index in [1.165, 1.54) is 34.9 Å². The number of benzene rings is 2. The summed E-state index contributed by atoms with van der Waals surface area (Å²) >= 11 is 14.0. The zero-order valence-corrected chi connectivity index (χ0v) is 30.4. The molecule has 0 bridgehead atoms. The minimum absolute atomic E-state index is 0.0298. The van der Waals surface area contributed by atoms with Crippen molar-refractivity contribution in [3.05, 3.63) is 92.4 Å². The number of aromatic nitrogens is 1. The van der Waals surface area contributed by atoms with Crippen molar-refractivity contribution in [2.75, 3.05) is 43.5 Å². The molecule has 3 fully saturated rings. The Hall–Kier alpha value is -3.37. The normalized spacial score (nSPS) is 19.5. The molecule has 0 unspecified atom stereocenters. The smallest absolute Gasteiger partial charge is 0.387 e. The van der Waals surface area contributed by atoms with E-state index in [1.807, 2.05) is 17.0 Å². The van der Waals surface area contributed by atoms with Gasteiger partial charge in [-0.05, 0) is 54.2 Å². The Balaban J connectivity index is 1.20. The van der Waals surface area contributed by atoms with Gasteiger partial charge in [0, 0.05) is 49.5 Å². The van der Waals surface area contributed by atoms with E-state index in [0.717, 1.165) is 30.8 Å². The summed E-state index contributed by atoms with van der Waals surface area (Å²) < 4.78 is 67.0. The number of hydrogen-bond donors (Lipinski definition) is 0. The van der Waals surface area contributed by atoms with Gasteiger partial charge in [-0.25, -0.2) is 13.2 Å². The third-order valence-electron chi connectivity index (χ3n) is 8.83. The monoisotopic (exact) mass is 785 g/mol. The molecule has 2 aliphatic heterocycles. The Labute approximate surface area is 308 Å². The Morgan fingerprint density at radius 1 is 1.00 bits per heavy atom. The molecule has 2 saturated heterocycles. The van der Waals surface area contributed by atoms with Gasteiger partial charge >= 0.3 is 12.6 Å².